The lowest BCUT2D eigenvalue weighted by Crippen LogP contribution is -2.24. The largest absolute Gasteiger partial charge is 0.491 e. The van der Waals surface area contributed by atoms with Crippen LogP contribution in [-0.2, 0) is 5.67 Å². The van der Waals surface area contributed by atoms with E-state index < -0.39 is 5.67 Å². The first kappa shape index (κ1) is 13.3. The number of alkyl halides is 1. The van der Waals surface area contributed by atoms with Gasteiger partial charge in [-0.3, -0.25) is 0 Å². The van der Waals surface area contributed by atoms with Crippen molar-refractivity contribution in [1.29, 1.82) is 0 Å². The second-order valence-electron chi connectivity index (χ2n) is 5.23. The minimum atomic E-state index is -1.25. The fourth-order valence-electron chi connectivity index (χ4n) is 2.49. The highest BCUT2D eigenvalue weighted by Gasteiger charge is 2.35. The van der Waals surface area contributed by atoms with Crippen LogP contribution in [0.25, 0.3) is 0 Å². The summed E-state index contributed by atoms with van der Waals surface area (Å²) >= 11 is 0. The molecule has 100 valence electrons. The number of nitrogens with one attached hydrogen (secondary N) is 1. The van der Waals surface area contributed by atoms with E-state index in [9.17, 15) is 0 Å². The topological polar surface area (TPSA) is 21.3 Å². The number of para-hydroxylation sites is 1. The molecule has 0 spiro atoms. The summed E-state index contributed by atoms with van der Waals surface area (Å²) in [4.78, 5) is 0. The summed E-state index contributed by atoms with van der Waals surface area (Å²) < 4.78 is 20.9. The van der Waals surface area contributed by atoms with E-state index >= 15 is 4.39 Å². The molecule has 0 aromatic heterocycles. The van der Waals surface area contributed by atoms with E-state index in [0.29, 0.717) is 24.2 Å². The number of benzene rings is 1. The van der Waals surface area contributed by atoms with Crippen LogP contribution < -0.4 is 10.1 Å². The fraction of sp³-hybridized carbons (Fsp3) is 0.600. The average molecular weight is 251 g/mol. The lowest BCUT2D eigenvalue weighted by atomic mass is 9.88. The summed E-state index contributed by atoms with van der Waals surface area (Å²) in [5.74, 6) is 0.692. The van der Waals surface area contributed by atoms with Crippen molar-refractivity contribution in [3.63, 3.8) is 0 Å². The number of hydrogen-bond acceptors (Lipinski definition) is 2. The molecule has 1 unspecified atom stereocenters. The predicted octanol–water partition coefficient (Wildman–Crippen LogP) is 3.41. The minimum absolute atomic E-state index is 0.0682. The van der Waals surface area contributed by atoms with Crippen molar-refractivity contribution >= 4 is 0 Å². The minimum Gasteiger partial charge on any atom is -0.491 e. The highest BCUT2D eigenvalue weighted by molar-refractivity contribution is 5.38. The van der Waals surface area contributed by atoms with Crippen molar-refractivity contribution in [2.24, 2.45) is 0 Å². The molecule has 3 heteroatoms. The Labute approximate surface area is 109 Å². The van der Waals surface area contributed by atoms with E-state index in [1.165, 1.54) is 0 Å². The molecular weight excluding hydrogens is 229 g/mol. The third kappa shape index (κ3) is 3.02. The summed E-state index contributed by atoms with van der Waals surface area (Å²) in [5.41, 5.74) is -0.544. The Bertz CT molecular complexity index is 384. The molecule has 1 aromatic rings. The molecule has 1 heterocycles. The van der Waals surface area contributed by atoms with Crippen LogP contribution in [-0.4, -0.2) is 19.2 Å². The van der Waals surface area contributed by atoms with Crippen molar-refractivity contribution in [1.82, 2.24) is 5.32 Å². The van der Waals surface area contributed by atoms with E-state index in [-0.39, 0.29) is 6.10 Å². The van der Waals surface area contributed by atoms with Gasteiger partial charge in [-0.15, -0.1) is 0 Å². The zero-order chi connectivity index (χ0) is 13.0. The predicted molar refractivity (Wildman–Crippen MR) is 71.7 cm³/mol. The van der Waals surface area contributed by atoms with Crippen molar-refractivity contribution in [2.75, 3.05) is 13.1 Å². The molecule has 1 saturated heterocycles. The maximum atomic E-state index is 15.2. The number of ether oxygens (including phenoxy) is 1. The van der Waals surface area contributed by atoms with Gasteiger partial charge in [-0.05, 0) is 52.3 Å². The normalized spacial score (nSPS) is 24.9. The van der Waals surface area contributed by atoms with Crippen LogP contribution >= 0.6 is 0 Å². The SMILES string of the molecule is CC(C)Oc1ccccc1C1(F)CCCNCC1. The summed E-state index contributed by atoms with van der Waals surface area (Å²) in [5, 5.41) is 3.25. The molecule has 0 radical (unpaired) electrons. The van der Waals surface area contributed by atoms with Crippen LogP contribution in [0.2, 0.25) is 0 Å². The molecule has 1 aliphatic rings. The third-order valence-electron chi connectivity index (χ3n) is 3.36. The summed E-state index contributed by atoms with van der Waals surface area (Å²) in [6, 6.07) is 7.53. The van der Waals surface area contributed by atoms with Crippen LogP contribution in [0.4, 0.5) is 4.39 Å². The van der Waals surface area contributed by atoms with Crippen molar-refractivity contribution in [3.05, 3.63) is 29.8 Å². The Balaban J connectivity index is 2.30. The Morgan fingerprint density at radius 3 is 2.78 bits per heavy atom. The molecule has 1 N–H and O–H groups in total. The summed E-state index contributed by atoms with van der Waals surface area (Å²) in [6.45, 7) is 5.57. The number of hydrogen-bond donors (Lipinski definition) is 1. The van der Waals surface area contributed by atoms with Gasteiger partial charge in [0, 0.05) is 5.56 Å². The third-order valence-corrected chi connectivity index (χ3v) is 3.36. The smallest absolute Gasteiger partial charge is 0.140 e. The maximum Gasteiger partial charge on any atom is 0.140 e. The van der Waals surface area contributed by atoms with Crippen LogP contribution in [0.5, 0.6) is 5.75 Å². The van der Waals surface area contributed by atoms with Crippen molar-refractivity contribution < 1.29 is 9.13 Å². The van der Waals surface area contributed by atoms with Crippen molar-refractivity contribution in [2.45, 2.75) is 44.9 Å². The quantitative estimate of drug-likeness (QED) is 0.889. The molecule has 2 nitrogen and oxygen atoms in total. The molecule has 0 aliphatic carbocycles. The second kappa shape index (κ2) is 5.70. The lowest BCUT2D eigenvalue weighted by Gasteiger charge is -2.26. The fourth-order valence-corrected chi connectivity index (χ4v) is 2.49. The molecule has 18 heavy (non-hydrogen) atoms. The number of rotatable bonds is 3. The van der Waals surface area contributed by atoms with Gasteiger partial charge in [0.25, 0.3) is 0 Å². The number of halogens is 1. The first-order chi connectivity index (χ1) is 8.62. The van der Waals surface area contributed by atoms with E-state index in [1.807, 2.05) is 38.1 Å². The lowest BCUT2D eigenvalue weighted by molar-refractivity contribution is 0.134. The van der Waals surface area contributed by atoms with Crippen molar-refractivity contribution in [3.8, 4) is 5.75 Å². The molecular formula is C15H22FNO. The van der Waals surface area contributed by atoms with Crippen LogP contribution in [0.15, 0.2) is 24.3 Å². The first-order valence-corrected chi connectivity index (χ1v) is 6.78. The molecule has 1 aliphatic heterocycles. The standard InChI is InChI=1S/C15H22FNO/c1-12(2)18-14-7-4-3-6-13(14)15(16)8-5-10-17-11-9-15/h3-4,6-7,12,17H,5,8-11H2,1-2H3. The van der Waals surface area contributed by atoms with Gasteiger partial charge in [0.1, 0.15) is 11.4 Å². The molecule has 0 saturated carbocycles. The molecule has 0 bridgehead atoms. The van der Waals surface area contributed by atoms with E-state index in [4.69, 9.17) is 4.74 Å². The zero-order valence-corrected chi connectivity index (χ0v) is 11.2. The van der Waals surface area contributed by atoms with Gasteiger partial charge in [-0.2, -0.15) is 0 Å². The Morgan fingerprint density at radius 2 is 2.00 bits per heavy atom. The second-order valence-corrected chi connectivity index (χ2v) is 5.23. The highest BCUT2D eigenvalue weighted by atomic mass is 19.1. The van der Waals surface area contributed by atoms with Gasteiger partial charge in [0.2, 0.25) is 0 Å². The van der Waals surface area contributed by atoms with Gasteiger partial charge in [-0.25, -0.2) is 4.39 Å². The van der Waals surface area contributed by atoms with E-state index in [0.717, 1.165) is 19.5 Å². The monoisotopic (exact) mass is 251 g/mol. The van der Waals surface area contributed by atoms with Gasteiger partial charge in [0.15, 0.2) is 0 Å². The van der Waals surface area contributed by atoms with Gasteiger partial charge >= 0.3 is 0 Å². The van der Waals surface area contributed by atoms with Gasteiger partial charge in [-0.1, -0.05) is 18.2 Å². The summed E-state index contributed by atoms with van der Waals surface area (Å²) in [7, 11) is 0. The Morgan fingerprint density at radius 1 is 1.22 bits per heavy atom. The zero-order valence-electron chi connectivity index (χ0n) is 11.2. The van der Waals surface area contributed by atoms with Gasteiger partial charge in [0.05, 0.1) is 6.10 Å². The van der Waals surface area contributed by atoms with Crippen LogP contribution in [0.1, 0.15) is 38.7 Å². The highest BCUT2D eigenvalue weighted by Crippen LogP contribution is 2.40. The molecule has 1 fully saturated rings. The average Bonchev–Trinajstić information content (AvgIpc) is 2.55. The van der Waals surface area contributed by atoms with E-state index in [2.05, 4.69) is 5.32 Å². The van der Waals surface area contributed by atoms with Gasteiger partial charge < -0.3 is 10.1 Å². The Kier molecular flexibility index (Phi) is 4.23. The first-order valence-electron chi connectivity index (χ1n) is 6.78. The van der Waals surface area contributed by atoms with Crippen LogP contribution in [0.3, 0.4) is 0 Å². The van der Waals surface area contributed by atoms with E-state index in [1.54, 1.807) is 0 Å². The molecule has 0 amide bonds. The summed E-state index contributed by atoms with van der Waals surface area (Å²) in [6.07, 6.45) is 2.02. The van der Waals surface area contributed by atoms with Crippen LogP contribution in [0, 0.1) is 0 Å². The maximum absolute atomic E-state index is 15.2. The molecule has 2 rings (SSSR count). The Hall–Kier alpha value is -1.09. The molecule has 1 atom stereocenters. The molecule has 1 aromatic carbocycles.